The van der Waals surface area contributed by atoms with Gasteiger partial charge >= 0.3 is 0 Å². The largest absolute Gasteiger partial charge is 0.379 e. The molecule has 2 bridgehead atoms. The fraction of sp³-hybridized carbons (Fsp3) is 0.556. The second kappa shape index (κ2) is 7.27. The molecule has 2 aromatic rings. The van der Waals surface area contributed by atoms with Crippen LogP contribution in [0.25, 0.3) is 0 Å². The van der Waals surface area contributed by atoms with Crippen molar-refractivity contribution in [1.29, 1.82) is 0 Å². The first-order valence-electron chi connectivity index (χ1n) is 8.87. The Labute approximate surface area is 152 Å². The Bertz CT molecular complexity index is 714. The molecule has 0 spiro atoms. The molecule has 7 heteroatoms. The van der Waals surface area contributed by atoms with Crippen LogP contribution >= 0.6 is 11.3 Å². The maximum Gasteiger partial charge on any atom is 0.254 e. The molecule has 0 aliphatic carbocycles. The Kier molecular flexibility index (Phi) is 4.87. The number of carbonyl (C=O) groups excluding carboxylic acids is 1. The molecule has 6 nitrogen and oxygen atoms in total. The quantitative estimate of drug-likeness (QED) is 0.836. The molecule has 1 amide bonds. The van der Waals surface area contributed by atoms with Gasteiger partial charge in [0.2, 0.25) is 0 Å². The van der Waals surface area contributed by atoms with Crippen LogP contribution in [0.1, 0.15) is 22.8 Å². The summed E-state index contributed by atoms with van der Waals surface area (Å²) in [6.45, 7) is 7.74. The Morgan fingerprint density at radius 3 is 3.04 bits per heavy atom. The standard InChI is InChI=1S/C18H24N4O2S/c1-2-22-9-14(5-19-22)6-20-7-15-8-21(10-17(20)12-24-11-15)18(23)16-3-4-25-13-16/h3-5,9,13,15,17H,2,6-8,10-12H2,1H3/t15-,17+/m1/s1. The lowest BCUT2D eigenvalue weighted by atomic mass is 10.1. The SMILES string of the molecule is CCn1cc(CN2C[C@H]3COC[C@@H]2CN(C(=O)c2ccsc2)C3)cn1. The van der Waals surface area contributed by atoms with Gasteiger partial charge in [0.15, 0.2) is 0 Å². The Morgan fingerprint density at radius 1 is 1.36 bits per heavy atom. The molecule has 2 fully saturated rings. The summed E-state index contributed by atoms with van der Waals surface area (Å²) in [5, 5.41) is 8.29. The summed E-state index contributed by atoms with van der Waals surface area (Å²) in [6, 6.07) is 2.15. The summed E-state index contributed by atoms with van der Waals surface area (Å²) in [5.74, 6) is 0.509. The minimum absolute atomic E-state index is 0.152. The first kappa shape index (κ1) is 16.8. The van der Waals surface area contributed by atoms with Crippen LogP contribution in [-0.2, 0) is 17.8 Å². The first-order valence-corrected chi connectivity index (χ1v) is 9.81. The summed E-state index contributed by atoms with van der Waals surface area (Å²) in [7, 11) is 0. The normalized spacial score (nSPS) is 24.3. The van der Waals surface area contributed by atoms with E-state index in [4.69, 9.17) is 4.74 Å². The van der Waals surface area contributed by atoms with Crippen LogP contribution in [-0.4, -0.2) is 64.4 Å². The van der Waals surface area contributed by atoms with E-state index in [2.05, 4.69) is 23.1 Å². The van der Waals surface area contributed by atoms with Crippen molar-refractivity contribution in [2.45, 2.75) is 26.1 Å². The third-order valence-corrected chi connectivity index (χ3v) is 5.72. The topological polar surface area (TPSA) is 50.6 Å². The number of rotatable bonds is 4. The molecule has 4 heterocycles. The molecule has 0 N–H and O–H groups in total. The molecule has 2 aliphatic heterocycles. The molecular weight excluding hydrogens is 336 g/mol. The zero-order chi connectivity index (χ0) is 17.2. The third-order valence-electron chi connectivity index (χ3n) is 5.03. The summed E-state index contributed by atoms with van der Waals surface area (Å²) < 4.78 is 7.84. The molecule has 2 saturated heterocycles. The van der Waals surface area contributed by atoms with E-state index in [9.17, 15) is 4.79 Å². The second-order valence-corrected chi connectivity index (χ2v) is 7.69. The van der Waals surface area contributed by atoms with Crippen molar-refractivity contribution in [3.63, 3.8) is 0 Å². The summed E-state index contributed by atoms with van der Waals surface area (Å²) >= 11 is 1.57. The second-order valence-electron chi connectivity index (χ2n) is 6.91. The van der Waals surface area contributed by atoms with Crippen molar-refractivity contribution < 1.29 is 9.53 Å². The number of amides is 1. The smallest absolute Gasteiger partial charge is 0.254 e. The summed E-state index contributed by atoms with van der Waals surface area (Å²) in [6.07, 6.45) is 4.07. The highest BCUT2D eigenvalue weighted by molar-refractivity contribution is 7.08. The molecule has 0 unspecified atom stereocenters. The van der Waals surface area contributed by atoms with Gasteiger partial charge in [0.1, 0.15) is 0 Å². The van der Waals surface area contributed by atoms with Crippen LogP contribution in [0.3, 0.4) is 0 Å². The molecule has 0 radical (unpaired) electrons. The van der Waals surface area contributed by atoms with Crippen molar-refractivity contribution >= 4 is 17.2 Å². The maximum atomic E-state index is 12.8. The van der Waals surface area contributed by atoms with E-state index in [0.717, 1.165) is 44.9 Å². The maximum absolute atomic E-state index is 12.8. The number of ether oxygens (including phenoxy) is 1. The van der Waals surface area contributed by atoms with E-state index in [1.165, 1.54) is 5.56 Å². The molecule has 2 atom stereocenters. The van der Waals surface area contributed by atoms with Gasteiger partial charge in [0.25, 0.3) is 5.91 Å². The fourth-order valence-corrected chi connectivity index (χ4v) is 4.38. The number of thiophene rings is 1. The molecule has 2 aromatic heterocycles. The Morgan fingerprint density at radius 2 is 2.28 bits per heavy atom. The number of hydrogen-bond donors (Lipinski definition) is 0. The molecule has 134 valence electrons. The van der Waals surface area contributed by atoms with E-state index in [0.29, 0.717) is 12.5 Å². The van der Waals surface area contributed by atoms with Crippen LogP contribution in [0, 0.1) is 5.92 Å². The van der Waals surface area contributed by atoms with Crippen molar-refractivity contribution in [3.8, 4) is 0 Å². The fourth-order valence-electron chi connectivity index (χ4n) is 3.75. The monoisotopic (exact) mass is 360 g/mol. The van der Waals surface area contributed by atoms with Gasteiger partial charge in [-0.3, -0.25) is 14.4 Å². The van der Waals surface area contributed by atoms with Crippen molar-refractivity contribution in [3.05, 3.63) is 40.3 Å². The molecule has 0 aromatic carbocycles. The molecule has 2 aliphatic rings. The van der Waals surface area contributed by atoms with Crippen LogP contribution in [0.15, 0.2) is 29.2 Å². The van der Waals surface area contributed by atoms with Gasteiger partial charge in [0.05, 0.1) is 31.0 Å². The minimum atomic E-state index is 0.152. The average molecular weight is 360 g/mol. The summed E-state index contributed by atoms with van der Waals surface area (Å²) in [5.41, 5.74) is 2.03. The van der Waals surface area contributed by atoms with E-state index in [-0.39, 0.29) is 11.9 Å². The number of nitrogens with zero attached hydrogens (tertiary/aromatic N) is 4. The highest BCUT2D eigenvalue weighted by Gasteiger charge is 2.35. The van der Waals surface area contributed by atoms with Crippen molar-refractivity contribution in [1.82, 2.24) is 19.6 Å². The third kappa shape index (κ3) is 3.63. The molecular formula is C18H24N4O2S. The number of aromatic nitrogens is 2. The highest BCUT2D eigenvalue weighted by atomic mass is 32.1. The van der Waals surface area contributed by atoms with Gasteiger partial charge < -0.3 is 9.64 Å². The van der Waals surface area contributed by atoms with Gasteiger partial charge in [-0.15, -0.1) is 0 Å². The molecule has 25 heavy (non-hydrogen) atoms. The number of aryl methyl sites for hydroxylation is 1. The van der Waals surface area contributed by atoms with Crippen molar-refractivity contribution in [2.24, 2.45) is 5.92 Å². The molecule has 0 saturated carbocycles. The van der Waals surface area contributed by atoms with Crippen LogP contribution in [0.5, 0.6) is 0 Å². The zero-order valence-electron chi connectivity index (χ0n) is 14.5. The van der Waals surface area contributed by atoms with Gasteiger partial charge in [-0.05, 0) is 18.4 Å². The first-order chi connectivity index (χ1) is 12.2. The van der Waals surface area contributed by atoms with Crippen LogP contribution < -0.4 is 0 Å². The minimum Gasteiger partial charge on any atom is -0.379 e. The number of fused-ring (bicyclic) bond motifs is 3. The Balaban J connectivity index is 1.50. The van der Waals surface area contributed by atoms with Gasteiger partial charge in [-0.25, -0.2) is 0 Å². The van der Waals surface area contributed by atoms with Gasteiger partial charge in [-0.2, -0.15) is 16.4 Å². The van der Waals surface area contributed by atoms with Crippen LogP contribution in [0.2, 0.25) is 0 Å². The number of hydrogen-bond acceptors (Lipinski definition) is 5. The Hall–Kier alpha value is -1.70. The van der Waals surface area contributed by atoms with Crippen molar-refractivity contribution in [2.75, 3.05) is 32.8 Å². The van der Waals surface area contributed by atoms with E-state index < -0.39 is 0 Å². The summed E-state index contributed by atoms with van der Waals surface area (Å²) in [4.78, 5) is 17.3. The van der Waals surface area contributed by atoms with E-state index in [1.54, 1.807) is 11.3 Å². The van der Waals surface area contributed by atoms with E-state index >= 15 is 0 Å². The number of carbonyl (C=O) groups is 1. The zero-order valence-corrected chi connectivity index (χ0v) is 15.3. The van der Waals surface area contributed by atoms with Gasteiger partial charge in [0, 0.05) is 55.8 Å². The lowest BCUT2D eigenvalue weighted by Crippen LogP contribution is -2.45. The lowest BCUT2D eigenvalue weighted by Gasteiger charge is -2.31. The lowest BCUT2D eigenvalue weighted by molar-refractivity contribution is 0.0406. The predicted octanol–water partition coefficient (Wildman–Crippen LogP) is 1.94. The average Bonchev–Trinajstić information content (AvgIpc) is 3.21. The van der Waals surface area contributed by atoms with Gasteiger partial charge in [-0.1, -0.05) is 0 Å². The van der Waals surface area contributed by atoms with E-state index in [1.807, 2.05) is 32.6 Å². The predicted molar refractivity (Wildman–Crippen MR) is 96.6 cm³/mol. The highest BCUT2D eigenvalue weighted by Crippen LogP contribution is 2.23. The van der Waals surface area contributed by atoms with Crippen LogP contribution in [0.4, 0.5) is 0 Å². The molecule has 4 rings (SSSR count).